The SMILES string of the molecule is COCCN1CCN(CCc2cccc(Nc3ncc4c(n3)-c3ccccc3C(c3ccc(Cl)c(Cl)c3)C4)c2)CC1.Cl. The van der Waals surface area contributed by atoms with Crippen LogP contribution in [0, 0.1) is 0 Å². The largest absolute Gasteiger partial charge is 0.383 e. The first-order valence-electron chi connectivity index (χ1n) is 14.3. The minimum absolute atomic E-state index is 0. The topological polar surface area (TPSA) is 53.5 Å². The number of aromatic nitrogens is 2. The number of halogens is 3. The maximum absolute atomic E-state index is 6.38. The predicted octanol–water partition coefficient (Wildman–Crippen LogP) is 7.11. The predicted molar refractivity (Wildman–Crippen MR) is 175 cm³/mol. The maximum atomic E-state index is 6.38. The molecule has 6 nitrogen and oxygen atoms in total. The van der Waals surface area contributed by atoms with E-state index in [1.165, 1.54) is 11.1 Å². The molecular formula is C33H36Cl3N5O. The fraction of sp³-hybridized carbons (Fsp3) is 0.333. The van der Waals surface area contributed by atoms with Crippen molar-refractivity contribution >= 4 is 47.2 Å². The van der Waals surface area contributed by atoms with Crippen LogP contribution in [-0.4, -0.2) is 72.8 Å². The van der Waals surface area contributed by atoms with Crippen molar-refractivity contribution in [2.75, 3.05) is 58.3 Å². The molecule has 1 aliphatic heterocycles. The minimum Gasteiger partial charge on any atom is -0.383 e. The fourth-order valence-corrected chi connectivity index (χ4v) is 6.21. The summed E-state index contributed by atoms with van der Waals surface area (Å²) in [7, 11) is 1.77. The molecular weight excluding hydrogens is 589 g/mol. The Morgan fingerprint density at radius 2 is 1.69 bits per heavy atom. The van der Waals surface area contributed by atoms with Crippen molar-refractivity contribution in [1.29, 1.82) is 0 Å². The zero-order chi connectivity index (χ0) is 28.2. The molecule has 1 fully saturated rings. The summed E-state index contributed by atoms with van der Waals surface area (Å²) in [6.45, 7) is 7.32. The first-order valence-corrected chi connectivity index (χ1v) is 15.0. The lowest BCUT2D eigenvalue weighted by atomic mass is 9.78. The minimum atomic E-state index is 0. The smallest absolute Gasteiger partial charge is 0.227 e. The molecule has 1 saturated heterocycles. The van der Waals surface area contributed by atoms with Crippen LogP contribution in [0.3, 0.4) is 0 Å². The Balaban J connectivity index is 0.00000353. The second-order valence-electron chi connectivity index (χ2n) is 10.8. The van der Waals surface area contributed by atoms with Crippen LogP contribution in [0.5, 0.6) is 0 Å². The van der Waals surface area contributed by atoms with E-state index >= 15 is 0 Å². The second-order valence-corrected chi connectivity index (χ2v) is 11.7. The summed E-state index contributed by atoms with van der Waals surface area (Å²) >= 11 is 12.6. The molecule has 42 heavy (non-hydrogen) atoms. The van der Waals surface area contributed by atoms with Gasteiger partial charge in [-0.3, -0.25) is 4.90 Å². The summed E-state index contributed by atoms with van der Waals surface area (Å²) in [4.78, 5) is 14.7. The maximum Gasteiger partial charge on any atom is 0.227 e. The van der Waals surface area contributed by atoms with Crippen molar-refractivity contribution in [3.63, 3.8) is 0 Å². The normalized spacial score (nSPS) is 16.8. The number of hydrogen-bond donors (Lipinski definition) is 1. The molecule has 1 aliphatic carbocycles. The third-order valence-electron chi connectivity index (χ3n) is 8.20. The lowest BCUT2D eigenvalue weighted by Crippen LogP contribution is -2.47. The van der Waals surface area contributed by atoms with E-state index in [0.29, 0.717) is 16.0 Å². The van der Waals surface area contributed by atoms with Crippen LogP contribution in [0.2, 0.25) is 10.0 Å². The van der Waals surface area contributed by atoms with E-state index in [2.05, 4.69) is 69.7 Å². The number of hydrogen-bond acceptors (Lipinski definition) is 6. The third kappa shape index (κ3) is 7.08. The summed E-state index contributed by atoms with van der Waals surface area (Å²) in [5, 5.41) is 4.60. The molecule has 1 atom stereocenters. The van der Waals surface area contributed by atoms with Gasteiger partial charge in [0.2, 0.25) is 5.95 Å². The molecule has 1 unspecified atom stereocenters. The van der Waals surface area contributed by atoms with E-state index in [1.54, 1.807) is 7.11 Å². The van der Waals surface area contributed by atoms with E-state index in [0.717, 1.165) is 86.8 Å². The van der Waals surface area contributed by atoms with Gasteiger partial charge in [-0.05, 0) is 59.4 Å². The van der Waals surface area contributed by atoms with Crippen LogP contribution in [0.4, 0.5) is 11.6 Å². The zero-order valence-electron chi connectivity index (χ0n) is 23.7. The first kappa shape index (κ1) is 30.7. The molecule has 0 bridgehead atoms. The molecule has 0 saturated carbocycles. The van der Waals surface area contributed by atoms with E-state index in [4.69, 9.17) is 37.9 Å². The third-order valence-corrected chi connectivity index (χ3v) is 8.94. The lowest BCUT2D eigenvalue weighted by Gasteiger charge is -2.34. The van der Waals surface area contributed by atoms with Crippen LogP contribution in [0.1, 0.15) is 28.2 Å². The van der Waals surface area contributed by atoms with Crippen LogP contribution in [-0.2, 0) is 17.6 Å². The number of benzene rings is 3. The number of methoxy groups -OCH3 is 1. The van der Waals surface area contributed by atoms with Gasteiger partial charge >= 0.3 is 0 Å². The quantitative estimate of drug-likeness (QED) is 0.214. The monoisotopic (exact) mass is 623 g/mol. The van der Waals surface area contributed by atoms with Gasteiger partial charge in [0, 0.05) is 69.7 Å². The molecule has 2 aliphatic rings. The van der Waals surface area contributed by atoms with Crippen molar-refractivity contribution in [1.82, 2.24) is 19.8 Å². The second kappa shape index (κ2) is 14.2. The van der Waals surface area contributed by atoms with Crippen molar-refractivity contribution in [3.8, 4) is 11.3 Å². The number of nitrogens with one attached hydrogen (secondary N) is 1. The highest BCUT2D eigenvalue weighted by atomic mass is 35.5. The molecule has 4 aromatic rings. The Morgan fingerprint density at radius 3 is 2.48 bits per heavy atom. The highest BCUT2D eigenvalue weighted by molar-refractivity contribution is 6.42. The van der Waals surface area contributed by atoms with Crippen LogP contribution >= 0.6 is 35.6 Å². The number of fused-ring (bicyclic) bond motifs is 3. The molecule has 9 heteroatoms. The highest BCUT2D eigenvalue weighted by Crippen LogP contribution is 2.43. The van der Waals surface area contributed by atoms with Crippen molar-refractivity contribution in [3.05, 3.63) is 105 Å². The molecule has 0 amide bonds. The molecule has 3 aromatic carbocycles. The van der Waals surface area contributed by atoms with Crippen molar-refractivity contribution in [2.45, 2.75) is 18.8 Å². The Hall–Kier alpha value is -2.71. The summed E-state index contributed by atoms with van der Waals surface area (Å²) in [5.41, 5.74) is 7.94. The van der Waals surface area contributed by atoms with Gasteiger partial charge in [0.15, 0.2) is 0 Å². The van der Waals surface area contributed by atoms with Crippen LogP contribution < -0.4 is 5.32 Å². The zero-order valence-corrected chi connectivity index (χ0v) is 26.1. The average Bonchev–Trinajstić information content (AvgIpc) is 3.01. The average molecular weight is 625 g/mol. The summed E-state index contributed by atoms with van der Waals surface area (Å²) < 4.78 is 5.22. The number of ether oxygens (including phenoxy) is 1. The van der Waals surface area contributed by atoms with Gasteiger partial charge in [-0.25, -0.2) is 9.97 Å². The van der Waals surface area contributed by atoms with Crippen molar-refractivity contribution < 1.29 is 4.74 Å². The summed E-state index contributed by atoms with van der Waals surface area (Å²) in [6, 6.07) is 23.0. The molecule has 0 radical (unpaired) electrons. The summed E-state index contributed by atoms with van der Waals surface area (Å²) in [6.07, 6.45) is 3.78. The molecule has 220 valence electrons. The van der Waals surface area contributed by atoms with Gasteiger partial charge < -0.3 is 15.0 Å². The van der Waals surface area contributed by atoms with E-state index < -0.39 is 0 Å². The first-order chi connectivity index (χ1) is 20.1. The van der Waals surface area contributed by atoms with Gasteiger partial charge in [-0.1, -0.05) is 65.7 Å². The highest BCUT2D eigenvalue weighted by Gasteiger charge is 2.28. The molecule has 6 rings (SSSR count). The fourth-order valence-electron chi connectivity index (χ4n) is 5.90. The Bertz CT molecular complexity index is 1510. The van der Waals surface area contributed by atoms with E-state index in [1.807, 2.05) is 18.3 Å². The number of piperazine rings is 1. The van der Waals surface area contributed by atoms with Gasteiger partial charge in [-0.15, -0.1) is 12.4 Å². The van der Waals surface area contributed by atoms with Crippen molar-refractivity contribution in [2.24, 2.45) is 0 Å². The number of rotatable bonds is 9. The Labute approximate surface area is 264 Å². The molecule has 2 heterocycles. The van der Waals surface area contributed by atoms with Gasteiger partial charge in [0.25, 0.3) is 0 Å². The van der Waals surface area contributed by atoms with Crippen LogP contribution in [0.25, 0.3) is 11.3 Å². The summed E-state index contributed by atoms with van der Waals surface area (Å²) in [5.74, 6) is 0.775. The van der Waals surface area contributed by atoms with E-state index in [-0.39, 0.29) is 18.3 Å². The number of nitrogens with zero attached hydrogens (tertiary/aromatic N) is 4. The van der Waals surface area contributed by atoms with Gasteiger partial charge in [-0.2, -0.15) is 0 Å². The molecule has 1 N–H and O–H groups in total. The lowest BCUT2D eigenvalue weighted by molar-refractivity contribution is 0.0976. The van der Waals surface area contributed by atoms with Gasteiger partial charge in [0.1, 0.15) is 0 Å². The number of anilines is 2. The van der Waals surface area contributed by atoms with Crippen LogP contribution in [0.15, 0.2) is 72.9 Å². The van der Waals surface area contributed by atoms with Gasteiger partial charge in [0.05, 0.1) is 22.3 Å². The molecule has 0 spiro atoms. The Kier molecular flexibility index (Phi) is 10.4. The Morgan fingerprint density at radius 1 is 0.905 bits per heavy atom. The standard InChI is InChI=1S/C33H35Cl2N5O.ClH/c1-41-18-17-40-15-13-39(14-16-40)12-11-23-5-4-6-26(19-23)37-33-36-22-25-20-29(24-9-10-30(34)31(35)21-24)27-7-2-3-8-28(27)32(25)38-33;/h2-10,19,21-22,29H,11-18,20H2,1H3,(H,36,37,38);1H. The molecule has 1 aromatic heterocycles. The van der Waals surface area contributed by atoms with E-state index in [9.17, 15) is 0 Å².